The van der Waals surface area contributed by atoms with Gasteiger partial charge in [-0.05, 0) is 19.4 Å². The monoisotopic (exact) mass is 267 g/mol. The summed E-state index contributed by atoms with van der Waals surface area (Å²) in [6, 6.07) is 0. The van der Waals surface area contributed by atoms with Crippen molar-refractivity contribution in [3.63, 3.8) is 0 Å². The minimum atomic E-state index is -3.53. The number of hydrogen-bond donors (Lipinski definition) is 4. The summed E-state index contributed by atoms with van der Waals surface area (Å²) in [5, 5.41) is 17.3. The van der Waals surface area contributed by atoms with E-state index < -0.39 is 31.4 Å². The molecule has 0 saturated heterocycles. The Hall–Kier alpha value is -0.910. The Labute approximate surface area is 99.1 Å². The van der Waals surface area contributed by atoms with Crippen LogP contribution in [0.3, 0.4) is 0 Å². The van der Waals surface area contributed by atoms with Crippen molar-refractivity contribution in [2.24, 2.45) is 11.7 Å². The first-order valence-electron chi connectivity index (χ1n) is 5.24. The minimum Gasteiger partial charge on any atom is -0.481 e. The molecule has 0 rings (SSSR count). The van der Waals surface area contributed by atoms with E-state index in [2.05, 4.69) is 0 Å². The van der Waals surface area contributed by atoms with E-state index in [0.717, 1.165) is 0 Å². The number of rotatable bonds is 9. The van der Waals surface area contributed by atoms with Gasteiger partial charge in [-0.1, -0.05) is 0 Å². The van der Waals surface area contributed by atoms with Crippen LogP contribution in [0.1, 0.15) is 19.3 Å². The minimum absolute atomic E-state index is 0.0274. The number of carboxylic acid groups (broad SMARTS) is 2. The van der Waals surface area contributed by atoms with Gasteiger partial charge in [-0.15, -0.1) is 0 Å². The van der Waals surface area contributed by atoms with E-state index >= 15 is 0 Å². The molecule has 0 aromatic heterocycles. The number of carboxylic acids is 2. The van der Waals surface area contributed by atoms with Crippen LogP contribution in [-0.2, 0) is 14.2 Å². The first kappa shape index (κ1) is 16.1. The number of aliphatic carboxylic acids is 2. The van der Waals surface area contributed by atoms with Gasteiger partial charge in [-0.3, -0.25) is 14.2 Å². The van der Waals surface area contributed by atoms with E-state index in [4.69, 9.17) is 15.9 Å². The molecular weight excluding hydrogens is 249 g/mol. The number of carbonyl (C=O) groups is 2. The maximum atomic E-state index is 11.6. The van der Waals surface area contributed by atoms with Crippen molar-refractivity contribution in [1.82, 2.24) is 0 Å². The zero-order valence-corrected chi connectivity index (χ0v) is 10.3. The second-order valence-corrected chi connectivity index (χ2v) is 6.37. The van der Waals surface area contributed by atoms with Gasteiger partial charge in [-0.2, -0.15) is 0 Å². The Morgan fingerprint density at radius 1 is 1.29 bits per heavy atom. The topological polar surface area (TPSA) is 138 Å². The van der Waals surface area contributed by atoms with Crippen LogP contribution in [0.2, 0.25) is 0 Å². The van der Waals surface area contributed by atoms with Crippen LogP contribution >= 0.6 is 7.37 Å². The third kappa shape index (κ3) is 7.90. The van der Waals surface area contributed by atoms with Crippen molar-refractivity contribution in [3.8, 4) is 0 Å². The fraction of sp³-hybridized carbons (Fsp3) is 0.778. The SMILES string of the molecule is NCCCP(=O)(O)CC(CCC(=O)O)C(=O)O. The van der Waals surface area contributed by atoms with Gasteiger partial charge >= 0.3 is 11.9 Å². The number of hydrogen-bond acceptors (Lipinski definition) is 4. The van der Waals surface area contributed by atoms with E-state index in [1.165, 1.54) is 0 Å². The molecule has 2 atom stereocenters. The third-order valence-electron chi connectivity index (χ3n) is 2.27. The molecule has 0 fully saturated rings. The highest BCUT2D eigenvalue weighted by Crippen LogP contribution is 2.43. The van der Waals surface area contributed by atoms with Crippen molar-refractivity contribution in [1.29, 1.82) is 0 Å². The fourth-order valence-corrected chi connectivity index (χ4v) is 3.25. The summed E-state index contributed by atoms with van der Waals surface area (Å²) in [7, 11) is -3.53. The van der Waals surface area contributed by atoms with E-state index in [1.807, 2.05) is 0 Å². The molecule has 0 saturated carbocycles. The zero-order valence-electron chi connectivity index (χ0n) is 9.41. The van der Waals surface area contributed by atoms with Crippen LogP contribution in [0, 0.1) is 5.92 Å². The summed E-state index contributed by atoms with van der Waals surface area (Å²) in [6.45, 7) is 0.261. The van der Waals surface area contributed by atoms with Crippen LogP contribution in [0.15, 0.2) is 0 Å². The van der Waals surface area contributed by atoms with Crippen molar-refractivity contribution in [2.45, 2.75) is 19.3 Å². The second kappa shape index (κ2) is 7.42. The smallest absolute Gasteiger partial charge is 0.307 e. The molecule has 0 aliphatic rings. The molecule has 0 spiro atoms. The van der Waals surface area contributed by atoms with Crippen molar-refractivity contribution < 1.29 is 29.3 Å². The van der Waals surface area contributed by atoms with Crippen LogP contribution in [0.5, 0.6) is 0 Å². The molecule has 0 radical (unpaired) electrons. The molecule has 5 N–H and O–H groups in total. The molecule has 0 aliphatic carbocycles. The Bertz CT molecular complexity index is 319. The predicted octanol–water partition coefficient (Wildman–Crippen LogP) is 0.171. The van der Waals surface area contributed by atoms with E-state index in [9.17, 15) is 19.0 Å². The van der Waals surface area contributed by atoms with Crippen molar-refractivity contribution in [2.75, 3.05) is 18.9 Å². The highest BCUT2D eigenvalue weighted by atomic mass is 31.2. The highest BCUT2D eigenvalue weighted by Gasteiger charge is 2.28. The van der Waals surface area contributed by atoms with E-state index in [0.29, 0.717) is 6.42 Å². The average molecular weight is 267 g/mol. The summed E-state index contributed by atoms with van der Waals surface area (Å²) < 4.78 is 11.6. The molecule has 2 unspecified atom stereocenters. The van der Waals surface area contributed by atoms with Crippen LogP contribution < -0.4 is 5.73 Å². The largest absolute Gasteiger partial charge is 0.481 e. The maximum absolute atomic E-state index is 11.6. The molecule has 100 valence electrons. The van der Waals surface area contributed by atoms with Gasteiger partial charge in [-0.25, -0.2) is 0 Å². The highest BCUT2D eigenvalue weighted by molar-refractivity contribution is 7.58. The normalized spacial score (nSPS) is 16.1. The van der Waals surface area contributed by atoms with Crippen LogP contribution in [-0.4, -0.2) is 45.9 Å². The molecule has 0 aromatic rings. The van der Waals surface area contributed by atoms with E-state index in [1.54, 1.807) is 0 Å². The first-order valence-corrected chi connectivity index (χ1v) is 7.27. The second-order valence-electron chi connectivity index (χ2n) is 3.86. The van der Waals surface area contributed by atoms with E-state index in [-0.39, 0.29) is 25.5 Å². The molecule has 0 aromatic carbocycles. The molecule has 7 nitrogen and oxygen atoms in total. The lowest BCUT2D eigenvalue weighted by atomic mass is 10.1. The van der Waals surface area contributed by atoms with Crippen molar-refractivity contribution in [3.05, 3.63) is 0 Å². The Kier molecular flexibility index (Phi) is 7.03. The zero-order chi connectivity index (χ0) is 13.5. The summed E-state index contributed by atoms with van der Waals surface area (Å²) in [4.78, 5) is 30.7. The molecule has 0 bridgehead atoms. The Morgan fingerprint density at radius 3 is 2.29 bits per heavy atom. The van der Waals surface area contributed by atoms with Crippen LogP contribution in [0.4, 0.5) is 0 Å². The average Bonchev–Trinajstić information content (AvgIpc) is 2.20. The summed E-state index contributed by atoms with van der Waals surface area (Å²) >= 11 is 0. The van der Waals surface area contributed by atoms with Gasteiger partial charge in [0.2, 0.25) is 7.37 Å². The quantitative estimate of drug-likeness (QED) is 0.437. The van der Waals surface area contributed by atoms with Gasteiger partial charge in [0.15, 0.2) is 0 Å². The maximum Gasteiger partial charge on any atom is 0.307 e. The number of nitrogens with two attached hydrogens (primary N) is 1. The lowest BCUT2D eigenvalue weighted by Gasteiger charge is -2.16. The summed E-state index contributed by atoms with van der Waals surface area (Å²) in [5.74, 6) is -3.46. The molecule has 17 heavy (non-hydrogen) atoms. The summed E-state index contributed by atoms with van der Waals surface area (Å²) in [6.07, 6.45) is -0.541. The van der Waals surface area contributed by atoms with Gasteiger partial charge in [0.05, 0.1) is 5.92 Å². The molecule has 0 aliphatic heterocycles. The molecule has 0 heterocycles. The first-order chi connectivity index (χ1) is 7.78. The molecular formula is C9H18NO6P. The predicted molar refractivity (Wildman–Crippen MR) is 61.2 cm³/mol. The van der Waals surface area contributed by atoms with Gasteiger partial charge < -0.3 is 20.8 Å². The Balaban J connectivity index is 4.37. The third-order valence-corrected chi connectivity index (χ3v) is 4.30. The van der Waals surface area contributed by atoms with Gasteiger partial charge in [0, 0.05) is 18.7 Å². The standard InChI is InChI=1S/C9H18NO6P/c10-4-1-5-17(15,16)6-7(9(13)14)2-3-8(11)12/h7H,1-6,10H2,(H,11,12)(H,13,14)(H,15,16). The lowest BCUT2D eigenvalue weighted by molar-refractivity contribution is -0.142. The van der Waals surface area contributed by atoms with Gasteiger partial charge in [0.25, 0.3) is 0 Å². The molecule has 0 amide bonds. The van der Waals surface area contributed by atoms with Gasteiger partial charge in [0.1, 0.15) is 0 Å². The molecule has 8 heteroatoms. The van der Waals surface area contributed by atoms with Crippen LogP contribution in [0.25, 0.3) is 0 Å². The van der Waals surface area contributed by atoms with Crippen molar-refractivity contribution >= 4 is 19.3 Å². The fourth-order valence-electron chi connectivity index (χ4n) is 1.36. The summed E-state index contributed by atoms with van der Waals surface area (Å²) in [5.41, 5.74) is 5.20. The lowest BCUT2D eigenvalue weighted by Crippen LogP contribution is -2.20. The Morgan fingerprint density at radius 2 is 1.88 bits per heavy atom.